The Labute approximate surface area is 248 Å². The Morgan fingerprint density at radius 1 is 1.13 bits per heavy atom. The molecule has 0 saturated carbocycles. The summed E-state index contributed by atoms with van der Waals surface area (Å²) in [5.41, 5.74) is 2.17. The van der Waals surface area contributed by atoms with Gasteiger partial charge in [-0.1, -0.05) is 35.8 Å². The molecule has 5 rings (SSSR count). The lowest BCUT2D eigenvalue weighted by Gasteiger charge is -2.15. The molecule has 1 aliphatic heterocycles. The Bertz CT molecular complexity index is 1620. The average molecular weight is 704 g/mol. The Morgan fingerprint density at radius 3 is 2.74 bits per heavy atom. The molecule has 0 aliphatic carbocycles. The molecule has 1 atom stereocenters. The van der Waals surface area contributed by atoms with Gasteiger partial charge < -0.3 is 18.9 Å². The maximum Gasteiger partial charge on any atom is 0.282 e. The fraction of sp³-hybridized carbons (Fsp3) is 0.276. The molecule has 8 nitrogen and oxygen atoms in total. The first-order valence-corrected chi connectivity index (χ1v) is 14.5. The third-order valence-electron chi connectivity index (χ3n) is 6.36. The van der Waals surface area contributed by atoms with Gasteiger partial charge in [0.2, 0.25) is 6.79 Å². The van der Waals surface area contributed by atoms with Gasteiger partial charge >= 0.3 is 0 Å². The number of benzene rings is 3. The van der Waals surface area contributed by atoms with Gasteiger partial charge in [-0.3, -0.25) is 4.79 Å². The second-order valence-corrected chi connectivity index (χ2v) is 11.1. The second-order valence-electron chi connectivity index (χ2n) is 9.04. The van der Waals surface area contributed by atoms with Crippen LogP contribution in [-0.2, 0) is 6.61 Å². The first kappa shape index (κ1) is 27.4. The highest BCUT2D eigenvalue weighted by Gasteiger charge is 2.18. The molecule has 39 heavy (non-hydrogen) atoms. The number of halogens is 2. The molecule has 0 N–H and O–H groups in total. The summed E-state index contributed by atoms with van der Waals surface area (Å²) in [4.78, 5) is 18.2. The van der Waals surface area contributed by atoms with E-state index in [1.807, 2.05) is 56.3 Å². The van der Waals surface area contributed by atoms with E-state index >= 15 is 0 Å². The summed E-state index contributed by atoms with van der Waals surface area (Å²) in [5.74, 6) is 3.36. The Kier molecular flexibility index (Phi) is 8.41. The van der Waals surface area contributed by atoms with E-state index in [1.54, 1.807) is 12.3 Å². The zero-order valence-electron chi connectivity index (χ0n) is 21.7. The first-order valence-electron chi connectivity index (χ1n) is 12.6. The van der Waals surface area contributed by atoms with Gasteiger partial charge in [-0.05, 0) is 89.5 Å². The van der Waals surface area contributed by atoms with Crippen LogP contribution in [0.15, 0.2) is 62.9 Å². The van der Waals surface area contributed by atoms with Crippen molar-refractivity contribution in [1.29, 1.82) is 0 Å². The Morgan fingerprint density at radius 2 is 1.95 bits per heavy atom. The van der Waals surface area contributed by atoms with Gasteiger partial charge in [0.05, 0.1) is 27.3 Å². The van der Waals surface area contributed by atoms with E-state index in [2.05, 4.69) is 50.5 Å². The summed E-state index contributed by atoms with van der Waals surface area (Å²) in [6, 6.07) is 15.1. The molecule has 1 aromatic heterocycles. The van der Waals surface area contributed by atoms with Crippen molar-refractivity contribution in [2.24, 2.45) is 5.10 Å². The van der Waals surface area contributed by atoms with Crippen LogP contribution in [0.25, 0.3) is 10.9 Å². The molecule has 0 saturated heterocycles. The molecule has 1 aliphatic rings. The Hall–Kier alpha value is -3.12. The highest BCUT2D eigenvalue weighted by atomic mass is 127. The lowest BCUT2D eigenvalue weighted by Crippen LogP contribution is -2.23. The largest absolute Gasteiger partial charge is 0.490 e. The van der Waals surface area contributed by atoms with Crippen LogP contribution in [-0.4, -0.2) is 29.3 Å². The normalized spacial score (nSPS) is 13.3. The number of hydrogen-bond acceptors (Lipinski definition) is 7. The van der Waals surface area contributed by atoms with Crippen molar-refractivity contribution in [2.45, 2.75) is 39.7 Å². The number of nitrogens with zero attached hydrogens (tertiary/aromatic N) is 3. The third-order valence-corrected chi connectivity index (χ3v) is 7.66. The van der Waals surface area contributed by atoms with Crippen molar-refractivity contribution in [3.8, 4) is 23.0 Å². The molecule has 0 spiro atoms. The van der Waals surface area contributed by atoms with E-state index < -0.39 is 0 Å². The van der Waals surface area contributed by atoms with Gasteiger partial charge in [-0.2, -0.15) is 9.78 Å². The number of fused-ring (bicyclic) bond motifs is 2. The van der Waals surface area contributed by atoms with Gasteiger partial charge in [-0.15, -0.1) is 0 Å². The van der Waals surface area contributed by atoms with Gasteiger partial charge in [0.25, 0.3) is 5.56 Å². The standard InChI is InChI=1S/C29H27BrIN3O5/c1-4-17(3)28-33-23-8-7-20(30)13-21(23)29(35)34(28)32-14-19-10-22(31)27(26(12-19)36-5-2)37-15-18-6-9-24-25(11-18)39-16-38-24/h6-14,17H,4-5,15-16H2,1-3H3/t17-/m0/s1. The van der Waals surface area contributed by atoms with Crippen LogP contribution in [0.2, 0.25) is 0 Å². The van der Waals surface area contributed by atoms with Crippen LogP contribution < -0.4 is 24.5 Å². The Balaban J connectivity index is 1.47. The summed E-state index contributed by atoms with van der Waals surface area (Å²) in [6.07, 6.45) is 2.48. The molecule has 0 bridgehead atoms. The number of ether oxygens (including phenoxy) is 4. The van der Waals surface area contributed by atoms with Crippen LogP contribution in [0.5, 0.6) is 23.0 Å². The van der Waals surface area contributed by atoms with E-state index in [1.165, 1.54) is 4.68 Å². The van der Waals surface area contributed by atoms with E-state index in [-0.39, 0.29) is 18.3 Å². The molecule has 10 heteroatoms. The summed E-state index contributed by atoms with van der Waals surface area (Å²) >= 11 is 5.68. The van der Waals surface area contributed by atoms with Crippen LogP contribution in [0.1, 0.15) is 50.1 Å². The van der Waals surface area contributed by atoms with Crippen molar-refractivity contribution < 1.29 is 18.9 Å². The molecular formula is C29H27BrIN3O5. The summed E-state index contributed by atoms with van der Waals surface area (Å²) in [6.45, 7) is 7.07. The van der Waals surface area contributed by atoms with E-state index in [0.29, 0.717) is 47.2 Å². The maximum atomic E-state index is 13.4. The van der Waals surface area contributed by atoms with Gasteiger partial charge in [0.15, 0.2) is 23.0 Å². The minimum atomic E-state index is -0.212. The zero-order valence-corrected chi connectivity index (χ0v) is 25.5. The lowest BCUT2D eigenvalue weighted by atomic mass is 10.1. The SMILES string of the molecule is CCOc1cc(C=Nn2c([C@@H](C)CC)nc3ccc(Br)cc3c2=O)cc(I)c1OCc1ccc2c(c1)OCO2. The third kappa shape index (κ3) is 5.91. The van der Waals surface area contributed by atoms with Crippen LogP contribution in [0, 0.1) is 3.57 Å². The molecule has 0 amide bonds. The molecule has 4 aromatic rings. The topological polar surface area (TPSA) is 84.2 Å². The fourth-order valence-corrected chi connectivity index (χ4v) is 5.30. The quantitative estimate of drug-likeness (QED) is 0.140. The molecule has 202 valence electrons. The molecule has 3 aromatic carbocycles. The van der Waals surface area contributed by atoms with Gasteiger partial charge in [0, 0.05) is 10.4 Å². The van der Waals surface area contributed by atoms with Crippen molar-refractivity contribution >= 4 is 55.6 Å². The van der Waals surface area contributed by atoms with E-state index in [9.17, 15) is 4.79 Å². The maximum absolute atomic E-state index is 13.4. The fourth-order valence-electron chi connectivity index (χ4n) is 4.16. The first-order chi connectivity index (χ1) is 18.9. The average Bonchev–Trinajstić information content (AvgIpc) is 3.40. The number of aromatic nitrogens is 2. The molecule has 0 unspecified atom stereocenters. The highest BCUT2D eigenvalue weighted by molar-refractivity contribution is 14.1. The molecular weight excluding hydrogens is 677 g/mol. The van der Waals surface area contributed by atoms with E-state index in [4.69, 9.17) is 23.9 Å². The number of hydrogen-bond donors (Lipinski definition) is 0. The predicted octanol–water partition coefficient (Wildman–Crippen LogP) is 6.87. The van der Waals surface area contributed by atoms with Crippen LogP contribution in [0.4, 0.5) is 0 Å². The van der Waals surface area contributed by atoms with Crippen LogP contribution in [0.3, 0.4) is 0 Å². The molecule has 2 heterocycles. The minimum Gasteiger partial charge on any atom is -0.490 e. The number of rotatable bonds is 9. The monoisotopic (exact) mass is 703 g/mol. The summed E-state index contributed by atoms with van der Waals surface area (Å²) < 4.78 is 26.0. The summed E-state index contributed by atoms with van der Waals surface area (Å²) in [7, 11) is 0. The zero-order chi connectivity index (χ0) is 27.5. The highest BCUT2D eigenvalue weighted by Crippen LogP contribution is 2.36. The van der Waals surface area contributed by atoms with Gasteiger partial charge in [0.1, 0.15) is 12.4 Å². The van der Waals surface area contributed by atoms with E-state index in [0.717, 1.165) is 31.3 Å². The van der Waals surface area contributed by atoms with Crippen molar-refractivity contribution in [3.63, 3.8) is 0 Å². The smallest absolute Gasteiger partial charge is 0.282 e. The molecule has 0 radical (unpaired) electrons. The van der Waals surface area contributed by atoms with Crippen molar-refractivity contribution in [2.75, 3.05) is 13.4 Å². The summed E-state index contributed by atoms with van der Waals surface area (Å²) in [5, 5.41) is 5.10. The second kappa shape index (κ2) is 12.0. The molecule has 0 fully saturated rings. The van der Waals surface area contributed by atoms with Gasteiger partial charge in [-0.25, -0.2) is 4.98 Å². The van der Waals surface area contributed by atoms with Crippen LogP contribution >= 0.6 is 38.5 Å². The van der Waals surface area contributed by atoms with Crippen molar-refractivity contribution in [3.05, 3.63) is 83.9 Å². The minimum absolute atomic E-state index is 0.0500. The lowest BCUT2D eigenvalue weighted by molar-refractivity contribution is 0.174. The predicted molar refractivity (Wildman–Crippen MR) is 163 cm³/mol. The van der Waals surface area contributed by atoms with Crippen molar-refractivity contribution in [1.82, 2.24) is 9.66 Å².